The zero-order valence-electron chi connectivity index (χ0n) is 11.2. The van der Waals surface area contributed by atoms with Crippen LogP contribution in [0.2, 0.25) is 0 Å². The Morgan fingerprint density at radius 2 is 2.22 bits per heavy atom. The largest absolute Gasteiger partial charge is 0.388 e. The van der Waals surface area contributed by atoms with Gasteiger partial charge in [-0.15, -0.1) is 0 Å². The van der Waals surface area contributed by atoms with Crippen molar-refractivity contribution in [2.45, 2.75) is 25.4 Å². The maximum atomic E-state index is 3.21. The zero-order valence-corrected chi connectivity index (χ0v) is 11.2. The predicted octanol–water partition coefficient (Wildman–Crippen LogP) is 2.01. The van der Waals surface area contributed by atoms with E-state index in [0.717, 1.165) is 12.6 Å². The van der Waals surface area contributed by atoms with E-state index in [-0.39, 0.29) is 0 Å². The summed E-state index contributed by atoms with van der Waals surface area (Å²) in [6, 6.07) is 9.60. The fraction of sp³-hybridized carbons (Fsp3) is 0.600. The van der Waals surface area contributed by atoms with Crippen LogP contribution in [-0.2, 0) is 6.54 Å². The summed E-state index contributed by atoms with van der Waals surface area (Å²) in [4.78, 5) is 5.28. The topological polar surface area (TPSA) is 18.5 Å². The van der Waals surface area contributed by atoms with Gasteiger partial charge in [0.15, 0.2) is 0 Å². The minimum atomic E-state index is 0.825. The van der Waals surface area contributed by atoms with Gasteiger partial charge in [0.1, 0.15) is 0 Å². The lowest BCUT2D eigenvalue weighted by Crippen LogP contribution is -2.49. The number of rotatable bonds is 3. The van der Waals surface area contributed by atoms with Gasteiger partial charge in [0.05, 0.1) is 0 Å². The van der Waals surface area contributed by atoms with Gasteiger partial charge in [-0.25, -0.2) is 0 Å². The molecule has 2 aliphatic heterocycles. The fourth-order valence-corrected chi connectivity index (χ4v) is 3.28. The first-order chi connectivity index (χ1) is 8.85. The van der Waals surface area contributed by atoms with Crippen LogP contribution in [-0.4, -0.2) is 49.1 Å². The predicted molar refractivity (Wildman–Crippen MR) is 75.9 cm³/mol. The van der Waals surface area contributed by atoms with Crippen molar-refractivity contribution in [1.82, 2.24) is 9.80 Å². The normalized spacial score (nSPS) is 25.1. The van der Waals surface area contributed by atoms with Crippen LogP contribution in [0.1, 0.15) is 18.4 Å². The first kappa shape index (κ1) is 12.0. The third-order valence-corrected chi connectivity index (χ3v) is 4.29. The van der Waals surface area contributed by atoms with E-state index in [4.69, 9.17) is 0 Å². The van der Waals surface area contributed by atoms with E-state index in [1.165, 1.54) is 50.3 Å². The number of fused-ring (bicyclic) bond motifs is 1. The number of hydrogen-bond donors (Lipinski definition) is 1. The maximum absolute atomic E-state index is 3.21. The molecule has 0 spiro atoms. The minimum Gasteiger partial charge on any atom is -0.388 e. The molecular weight excluding hydrogens is 222 g/mol. The van der Waals surface area contributed by atoms with E-state index >= 15 is 0 Å². The second kappa shape index (κ2) is 5.29. The number of piperazine rings is 1. The lowest BCUT2D eigenvalue weighted by molar-refractivity contribution is 0.0994. The highest BCUT2D eigenvalue weighted by Gasteiger charge is 2.30. The molecular formula is C15H23N3. The van der Waals surface area contributed by atoms with Crippen LogP contribution in [0.4, 0.5) is 5.69 Å². The SMILES string of the molecule is CNc1cccc(CN2CCN3CCCC3C2)c1. The summed E-state index contributed by atoms with van der Waals surface area (Å²) in [5.41, 5.74) is 2.64. The average molecular weight is 245 g/mol. The second-order valence-corrected chi connectivity index (χ2v) is 5.52. The summed E-state index contributed by atoms with van der Waals surface area (Å²) in [5, 5.41) is 3.21. The third-order valence-electron chi connectivity index (χ3n) is 4.29. The molecule has 2 fully saturated rings. The van der Waals surface area contributed by atoms with Gasteiger partial charge in [0.2, 0.25) is 0 Å². The molecule has 0 bridgehead atoms. The van der Waals surface area contributed by atoms with Crippen molar-refractivity contribution < 1.29 is 0 Å². The van der Waals surface area contributed by atoms with Gasteiger partial charge in [-0.2, -0.15) is 0 Å². The Morgan fingerprint density at radius 1 is 1.28 bits per heavy atom. The number of nitrogens with one attached hydrogen (secondary N) is 1. The highest BCUT2D eigenvalue weighted by molar-refractivity contribution is 5.44. The summed E-state index contributed by atoms with van der Waals surface area (Å²) in [6.45, 7) is 6.16. The van der Waals surface area contributed by atoms with Crippen molar-refractivity contribution in [3.05, 3.63) is 29.8 Å². The zero-order chi connectivity index (χ0) is 12.4. The van der Waals surface area contributed by atoms with Crippen LogP contribution >= 0.6 is 0 Å². The molecule has 98 valence electrons. The van der Waals surface area contributed by atoms with Crippen LogP contribution in [0.3, 0.4) is 0 Å². The number of hydrogen-bond acceptors (Lipinski definition) is 3. The van der Waals surface area contributed by atoms with Crippen molar-refractivity contribution in [3.63, 3.8) is 0 Å². The molecule has 2 heterocycles. The van der Waals surface area contributed by atoms with Crippen LogP contribution in [0.25, 0.3) is 0 Å². The maximum Gasteiger partial charge on any atom is 0.0340 e. The molecule has 3 rings (SSSR count). The molecule has 3 nitrogen and oxygen atoms in total. The molecule has 1 unspecified atom stereocenters. The third kappa shape index (κ3) is 2.52. The molecule has 2 aliphatic rings. The monoisotopic (exact) mass is 245 g/mol. The van der Waals surface area contributed by atoms with Gasteiger partial charge in [0.25, 0.3) is 0 Å². The molecule has 1 aromatic carbocycles. The van der Waals surface area contributed by atoms with Gasteiger partial charge in [-0.1, -0.05) is 12.1 Å². The number of benzene rings is 1. The van der Waals surface area contributed by atoms with Crippen LogP contribution in [0, 0.1) is 0 Å². The van der Waals surface area contributed by atoms with Crippen molar-refractivity contribution in [2.24, 2.45) is 0 Å². The van der Waals surface area contributed by atoms with E-state index in [1.54, 1.807) is 0 Å². The van der Waals surface area contributed by atoms with Crippen molar-refractivity contribution >= 4 is 5.69 Å². The molecule has 0 radical (unpaired) electrons. The van der Waals surface area contributed by atoms with Gasteiger partial charge >= 0.3 is 0 Å². The molecule has 18 heavy (non-hydrogen) atoms. The Labute approximate surface area is 110 Å². The average Bonchev–Trinajstić information content (AvgIpc) is 2.86. The van der Waals surface area contributed by atoms with Crippen molar-refractivity contribution in [2.75, 3.05) is 38.5 Å². The Hall–Kier alpha value is -1.06. The molecule has 3 heteroatoms. The minimum absolute atomic E-state index is 0.825. The first-order valence-corrected chi connectivity index (χ1v) is 7.08. The summed E-state index contributed by atoms with van der Waals surface area (Å²) < 4.78 is 0. The lowest BCUT2D eigenvalue weighted by atomic mass is 10.1. The molecule has 0 saturated carbocycles. The molecule has 1 atom stereocenters. The Bertz CT molecular complexity index is 404. The van der Waals surface area contributed by atoms with E-state index in [0.29, 0.717) is 0 Å². The Morgan fingerprint density at radius 3 is 3.11 bits per heavy atom. The Balaban J connectivity index is 1.62. The summed E-state index contributed by atoms with van der Waals surface area (Å²) in [7, 11) is 1.98. The van der Waals surface area contributed by atoms with Crippen molar-refractivity contribution in [1.29, 1.82) is 0 Å². The quantitative estimate of drug-likeness (QED) is 0.879. The number of nitrogens with zero attached hydrogens (tertiary/aromatic N) is 2. The van der Waals surface area contributed by atoms with Crippen LogP contribution < -0.4 is 5.32 Å². The summed E-state index contributed by atoms with van der Waals surface area (Å²) in [6.07, 6.45) is 2.79. The summed E-state index contributed by atoms with van der Waals surface area (Å²) >= 11 is 0. The fourth-order valence-electron chi connectivity index (χ4n) is 3.28. The van der Waals surface area contributed by atoms with E-state index in [1.807, 2.05) is 7.05 Å². The van der Waals surface area contributed by atoms with Crippen LogP contribution in [0.5, 0.6) is 0 Å². The van der Waals surface area contributed by atoms with E-state index in [2.05, 4.69) is 39.4 Å². The smallest absolute Gasteiger partial charge is 0.0340 e. The second-order valence-electron chi connectivity index (χ2n) is 5.52. The molecule has 0 aliphatic carbocycles. The molecule has 1 N–H and O–H groups in total. The van der Waals surface area contributed by atoms with Crippen molar-refractivity contribution in [3.8, 4) is 0 Å². The standard InChI is InChI=1S/C15H23N3/c1-16-14-5-2-4-13(10-14)11-17-8-9-18-7-3-6-15(18)12-17/h2,4-5,10,15-16H,3,6-9,11-12H2,1H3. The molecule has 0 aromatic heterocycles. The molecule has 2 saturated heterocycles. The highest BCUT2D eigenvalue weighted by Crippen LogP contribution is 2.22. The van der Waals surface area contributed by atoms with Gasteiger partial charge in [-0.05, 0) is 37.1 Å². The van der Waals surface area contributed by atoms with E-state index < -0.39 is 0 Å². The highest BCUT2D eigenvalue weighted by atomic mass is 15.3. The lowest BCUT2D eigenvalue weighted by Gasteiger charge is -2.37. The van der Waals surface area contributed by atoms with Gasteiger partial charge in [0, 0.05) is 45.0 Å². The van der Waals surface area contributed by atoms with Gasteiger partial charge < -0.3 is 5.32 Å². The van der Waals surface area contributed by atoms with Crippen LogP contribution in [0.15, 0.2) is 24.3 Å². The first-order valence-electron chi connectivity index (χ1n) is 7.08. The van der Waals surface area contributed by atoms with Gasteiger partial charge in [-0.3, -0.25) is 9.80 Å². The number of anilines is 1. The Kier molecular flexibility index (Phi) is 3.52. The van der Waals surface area contributed by atoms with E-state index in [9.17, 15) is 0 Å². The summed E-state index contributed by atoms with van der Waals surface area (Å²) in [5.74, 6) is 0. The molecule has 1 aromatic rings. The molecule has 0 amide bonds.